The monoisotopic (exact) mass is 222 g/mol. The molecule has 2 nitrogen and oxygen atoms in total. The van der Waals surface area contributed by atoms with Crippen molar-refractivity contribution in [2.45, 2.75) is 39.0 Å². The first-order valence-electron chi connectivity index (χ1n) is 6.19. The molecule has 1 rings (SSSR count). The number of ether oxygens (including phenoxy) is 1. The Balaban J connectivity index is 2.27. The number of aryl methyl sites for hydroxylation is 1. The van der Waals surface area contributed by atoms with Crippen LogP contribution in [0.3, 0.4) is 0 Å². The molecule has 1 aromatic rings. The second-order valence-corrected chi connectivity index (χ2v) is 4.03. The maximum atomic E-state index is 8.64. The van der Waals surface area contributed by atoms with Crippen LogP contribution in [0.1, 0.15) is 38.2 Å². The lowest BCUT2D eigenvalue weighted by Crippen LogP contribution is -1.98. The molecular weight excluding hydrogens is 200 g/mol. The summed E-state index contributed by atoms with van der Waals surface area (Å²) < 4.78 is 5.66. The molecule has 0 bridgehead atoms. The van der Waals surface area contributed by atoms with Crippen molar-refractivity contribution >= 4 is 0 Å². The topological polar surface area (TPSA) is 29.5 Å². The first-order chi connectivity index (χ1) is 7.86. The smallest absolute Gasteiger partial charge is 0.119 e. The Hall–Kier alpha value is -1.02. The quantitative estimate of drug-likeness (QED) is 0.684. The molecule has 16 heavy (non-hydrogen) atoms. The molecule has 0 aliphatic carbocycles. The highest BCUT2D eigenvalue weighted by Crippen LogP contribution is 2.15. The van der Waals surface area contributed by atoms with Gasteiger partial charge in [0.2, 0.25) is 0 Å². The lowest BCUT2D eigenvalue weighted by molar-refractivity contribution is 0.266. The Labute approximate surface area is 98.3 Å². The lowest BCUT2D eigenvalue weighted by Gasteiger charge is -2.07. The molecule has 0 saturated carbocycles. The molecule has 0 unspecified atom stereocenters. The molecule has 1 aromatic carbocycles. The Morgan fingerprint density at radius 2 is 2.06 bits per heavy atom. The van der Waals surface area contributed by atoms with Gasteiger partial charge in [-0.25, -0.2) is 0 Å². The fourth-order valence-corrected chi connectivity index (χ4v) is 1.66. The van der Waals surface area contributed by atoms with E-state index in [1.165, 1.54) is 12.0 Å². The molecule has 0 fully saturated rings. The molecule has 0 saturated heterocycles. The van der Waals surface area contributed by atoms with Crippen molar-refractivity contribution in [3.63, 3.8) is 0 Å². The van der Waals surface area contributed by atoms with Gasteiger partial charge >= 0.3 is 0 Å². The maximum Gasteiger partial charge on any atom is 0.119 e. The van der Waals surface area contributed by atoms with Gasteiger partial charge in [0.15, 0.2) is 0 Å². The summed E-state index contributed by atoms with van der Waals surface area (Å²) in [5.74, 6) is 0.968. The molecule has 1 N–H and O–H groups in total. The SMILES string of the molecule is CCCc1cccc(OCCCCCO)c1. The zero-order chi connectivity index (χ0) is 11.6. The lowest BCUT2D eigenvalue weighted by atomic mass is 10.1. The van der Waals surface area contributed by atoms with Crippen LogP contribution in [-0.2, 0) is 6.42 Å². The summed E-state index contributed by atoms with van der Waals surface area (Å²) in [5.41, 5.74) is 1.34. The fraction of sp³-hybridized carbons (Fsp3) is 0.571. The van der Waals surface area contributed by atoms with Crippen molar-refractivity contribution in [1.82, 2.24) is 0 Å². The van der Waals surface area contributed by atoms with E-state index in [4.69, 9.17) is 9.84 Å². The third-order valence-corrected chi connectivity index (χ3v) is 2.51. The van der Waals surface area contributed by atoms with E-state index in [2.05, 4.69) is 19.1 Å². The third kappa shape index (κ3) is 5.17. The van der Waals surface area contributed by atoms with Gasteiger partial charge in [-0.15, -0.1) is 0 Å². The first kappa shape index (κ1) is 13.0. The first-order valence-corrected chi connectivity index (χ1v) is 6.19. The summed E-state index contributed by atoms with van der Waals surface area (Å²) in [6.07, 6.45) is 5.20. The number of rotatable bonds is 8. The number of aliphatic hydroxyl groups excluding tert-OH is 1. The largest absolute Gasteiger partial charge is 0.494 e. The number of unbranched alkanes of at least 4 members (excludes halogenated alkanes) is 2. The highest BCUT2D eigenvalue weighted by molar-refractivity contribution is 5.28. The van der Waals surface area contributed by atoms with Crippen molar-refractivity contribution < 1.29 is 9.84 Å². The highest BCUT2D eigenvalue weighted by Gasteiger charge is 1.96. The van der Waals surface area contributed by atoms with E-state index in [9.17, 15) is 0 Å². The van der Waals surface area contributed by atoms with E-state index >= 15 is 0 Å². The summed E-state index contributed by atoms with van der Waals surface area (Å²) in [4.78, 5) is 0. The molecule has 0 amide bonds. The fourth-order valence-electron chi connectivity index (χ4n) is 1.66. The zero-order valence-corrected chi connectivity index (χ0v) is 10.1. The molecule has 0 aliphatic rings. The van der Waals surface area contributed by atoms with Gasteiger partial charge in [-0.3, -0.25) is 0 Å². The van der Waals surface area contributed by atoms with E-state index < -0.39 is 0 Å². The van der Waals surface area contributed by atoms with Gasteiger partial charge in [0.25, 0.3) is 0 Å². The molecule has 0 aliphatic heterocycles. The Bertz CT molecular complexity index is 284. The summed E-state index contributed by atoms with van der Waals surface area (Å²) in [6.45, 7) is 3.21. The van der Waals surface area contributed by atoms with Crippen molar-refractivity contribution in [2.24, 2.45) is 0 Å². The van der Waals surface area contributed by atoms with Crippen LogP contribution >= 0.6 is 0 Å². The van der Waals surface area contributed by atoms with Crippen molar-refractivity contribution in [3.8, 4) is 5.75 Å². The minimum atomic E-state index is 0.284. The number of benzene rings is 1. The summed E-state index contributed by atoms with van der Waals surface area (Å²) in [7, 11) is 0. The van der Waals surface area contributed by atoms with Crippen LogP contribution < -0.4 is 4.74 Å². The van der Waals surface area contributed by atoms with Crippen molar-refractivity contribution in [2.75, 3.05) is 13.2 Å². The molecule has 0 atom stereocenters. The van der Waals surface area contributed by atoms with Gasteiger partial charge in [-0.1, -0.05) is 25.5 Å². The maximum absolute atomic E-state index is 8.64. The summed E-state index contributed by atoms with van der Waals surface area (Å²) >= 11 is 0. The van der Waals surface area contributed by atoms with E-state index in [0.717, 1.165) is 38.0 Å². The minimum absolute atomic E-state index is 0.284. The molecule has 0 spiro atoms. The van der Waals surface area contributed by atoms with Gasteiger partial charge in [0.1, 0.15) is 5.75 Å². The van der Waals surface area contributed by atoms with Gasteiger partial charge in [0.05, 0.1) is 6.61 Å². The number of hydrogen-bond acceptors (Lipinski definition) is 2. The van der Waals surface area contributed by atoms with Crippen LogP contribution in [0.25, 0.3) is 0 Å². The van der Waals surface area contributed by atoms with Gasteiger partial charge in [-0.05, 0) is 43.4 Å². The minimum Gasteiger partial charge on any atom is -0.494 e. The predicted octanol–water partition coefficient (Wildman–Crippen LogP) is 3.18. The average Bonchev–Trinajstić information content (AvgIpc) is 2.30. The summed E-state index contributed by atoms with van der Waals surface area (Å²) in [6, 6.07) is 8.32. The van der Waals surface area contributed by atoms with Gasteiger partial charge in [0, 0.05) is 6.61 Å². The van der Waals surface area contributed by atoms with Crippen LogP contribution in [0.2, 0.25) is 0 Å². The molecule has 0 aromatic heterocycles. The average molecular weight is 222 g/mol. The van der Waals surface area contributed by atoms with Crippen LogP contribution in [0, 0.1) is 0 Å². The second kappa shape index (κ2) is 8.17. The highest BCUT2D eigenvalue weighted by atomic mass is 16.5. The van der Waals surface area contributed by atoms with Crippen molar-refractivity contribution in [3.05, 3.63) is 29.8 Å². The van der Waals surface area contributed by atoms with E-state index in [1.54, 1.807) is 0 Å². The van der Waals surface area contributed by atoms with Gasteiger partial charge in [-0.2, -0.15) is 0 Å². The predicted molar refractivity (Wildman–Crippen MR) is 66.9 cm³/mol. The number of aliphatic hydroxyl groups is 1. The van der Waals surface area contributed by atoms with E-state index in [0.29, 0.717) is 0 Å². The van der Waals surface area contributed by atoms with Gasteiger partial charge < -0.3 is 9.84 Å². The van der Waals surface area contributed by atoms with Crippen LogP contribution in [0.4, 0.5) is 0 Å². The van der Waals surface area contributed by atoms with Crippen LogP contribution in [-0.4, -0.2) is 18.3 Å². The number of hydrogen-bond donors (Lipinski definition) is 1. The van der Waals surface area contributed by atoms with Crippen LogP contribution in [0.5, 0.6) is 5.75 Å². The molecule has 2 heteroatoms. The van der Waals surface area contributed by atoms with Crippen molar-refractivity contribution in [1.29, 1.82) is 0 Å². The molecule has 90 valence electrons. The second-order valence-electron chi connectivity index (χ2n) is 4.03. The standard InChI is InChI=1S/C14H22O2/c1-2-7-13-8-6-9-14(12-13)16-11-5-3-4-10-15/h6,8-9,12,15H,2-5,7,10-11H2,1H3. The van der Waals surface area contributed by atoms with E-state index in [1.807, 2.05) is 12.1 Å². The molecule has 0 heterocycles. The molecule has 0 radical (unpaired) electrons. The Morgan fingerprint density at radius 1 is 1.19 bits per heavy atom. The normalized spacial score (nSPS) is 10.4. The zero-order valence-electron chi connectivity index (χ0n) is 10.1. The Morgan fingerprint density at radius 3 is 2.81 bits per heavy atom. The Kier molecular flexibility index (Phi) is 6.66. The summed E-state index contributed by atoms with van der Waals surface area (Å²) in [5, 5.41) is 8.64. The van der Waals surface area contributed by atoms with E-state index in [-0.39, 0.29) is 6.61 Å². The van der Waals surface area contributed by atoms with Crippen LogP contribution in [0.15, 0.2) is 24.3 Å². The third-order valence-electron chi connectivity index (χ3n) is 2.51. The molecular formula is C14H22O2.